The largest absolute Gasteiger partial charge is 0.508 e. The Kier molecular flexibility index (Phi) is 5.58. The lowest BCUT2D eigenvalue weighted by Crippen LogP contribution is -2.15. The molecule has 0 aliphatic heterocycles. The predicted octanol–water partition coefficient (Wildman–Crippen LogP) is 2.84. The molecular weight excluding hydrogens is 280 g/mol. The molecule has 0 fully saturated rings. The number of benzene rings is 2. The number of aliphatic hydroxyl groups is 2. The summed E-state index contributed by atoms with van der Waals surface area (Å²) in [4.78, 5) is 0. The van der Waals surface area contributed by atoms with Crippen LogP contribution in [0.2, 0.25) is 0 Å². The quantitative estimate of drug-likeness (QED) is 0.661. The first kappa shape index (κ1) is 16.1. The Bertz CT molecular complexity index is 602. The maximum absolute atomic E-state index is 10.3. The van der Waals surface area contributed by atoms with Crippen LogP contribution in [0.25, 0.3) is 6.08 Å². The molecule has 4 N–H and O–H groups in total. The highest BCUT2D eigenvalue weighted by Crippen LogP contribution is 2.26. The van der Waals surface area contributed by atoms with Gasteiger partial charge in [0.05, 0.1) is 6.10 Å². The molecule has 0 aliphatic rings. The summed E-state index contributed by atoms with van der Waals surface area (Å²) < 4.78 is 0. The maximum Gasteiger partial charge on any atom is 0.115 e. The molecule has 0 bridgehead atoms. The van der Waals surface area contributed by atoms with Crippen LogP contribution in [0.4, 0.5) is 0 Å². The summed E-state index contributed by atoms with van der Waals surface area (Å²) in [6.45, 7) is -0.137. The highest BCUT2D eigenvalue weighted by atomic mass is 16.3. The van der Waals surface area contributed by atoms with E-state index in [2.05, 4.69) is 0 Å². The van der Waals surface area contributed by atoms with Gasteiger partial charge in [-0.2, -0.15) is 0 Å². The Hall–Kier alpha value is -2.30. The van der Waals surface area contributed by atoms with Gasteiger partial charge in [-0.1, -0.05) is 36.4 Å². The molecule has 2 atom stereocenters. The fourth-order valence-corrected chi connectivity index (χ4v) is 2.21. The number of hydrogen-bond acceptors (Lipinski definition) is 4. The van der Waals surface area contributed by atoms with Crippen LogP contribution in [0.5, 0.6) is 11.5 Å². The smallest absolute Gasteiger partial charge is 0.115 e. The number of phenols is 2. The van der Waals surface area contributed by atoms with Gasteiger partial charge in [0.1, 0.15) is 11.5 Å². The van der Waals surface area contributed by atoms with Gasteiger partial charge < -0.3 is 20.4 Å². The molecular formula is C18H20O4. The molecule has 22 heavy (non-hydrogen) atoms. The number of rotatable bonds is 6. The monoisotopic (exact) mass is 300 g/mol. The van der Waals surface area contributed by atoms with Crippen molar-refractivity contribution in [1.82, 2.24) is 0 Å². The van der Waals surface area contributed by atoms with Gasteiger partial charge in [-0.05, 0) is 41.8 Å². The van der Waals surface area contributed by atoms with E-state index >= 15 is 0 Å². The van der Waals surface area contributed by atoms with E-state index < -0.39 is 6.10 Å². The van der Waals surface area contributed by atoms with Gasteiger partial charge in [-0.25, -0.2) is 0 Å². The average molecular weight is 300 g/mol. The first-order valence-corrected chi connectivity index (χ1v) is 7.13. The van der Waals surface area contributed by atoms with Crippen LogP contribution in [0.15, 0.2) is 54.6 Å². The van der Waals surface area contributed by atoms with Crippen molar-refractivity contribution in [2.75, 3.05) is 6.61 Å². The lowest BCUT2D eigenvalue weighted by atomic mass is 9.93. The molecule has 0 aromatic heterocycles. The maximum atomic E-state index is 10.3. The van der Waals surface area contributed by atoms with Crippen molar-refractivity contribution in [3.8, 4) is 11.5 Å². The molecule has 2 aromatic carbocycles. The molecule has 4 nitrogen and oxygen atoms in total. The molecule has 0 aliphatic carbocycles. The molecule has 0 saturated heterocycles. The molecule has 116 valence electrons. The van der Waals surface area contributed by atoms with Crippen molar-refractivity contribution < 1.29 is 20.4 Å². The fraction of sp³-hybridized carbons (Fsp3) is 0.222. The Morgan fingerprint density at radius 1 is 0.864 bits per heavy atom. The van der Waals surface area contributed by atoms with Gasteiger partial charge in [0.2, 0.25) is 0 Å². The number of aliphatic hydroxyl groups excluding tert-OH is 2. The van der Waals surface area contributed by atoms with E-state index in [0.717, 1.165) is 5.56 Å². The molecule has 0 saturated carbocycles. The summed E-state index contributed by atoms with van der Waals surface area (Å²) >= 11 is 0. The van der Waals surface area contributed by atoms with E-state index in [9.17, 15) is 20.4 Å². The Balaban J connectivity index is 1.99. The van der Waals surface area contributed by atoms with Crippen molar-refractivity contribution in [3.05, 3.63) is 65.7 Å². The fourth-order valence-electron chi connectivity index (χ4n) is 2.21. The SMILES string of the molecule is OC[C@@H](C/C=C/c1ccc(O)cc1)[C@@H](O)c1ccc(O)cc1. The second-order valence-corrected chi connectivity index (χ2v) is 5.21. The van der Waals surface area contributed by atoms with Gasteiger partial charge in [-0.3, -0.25) is 0 Å². The van der Waals surface area contributed by atoms with Gasteiger partial charge in [0.15, 0.2) is 0 Å². The van der Waals surface area contributed by atoms with Crippen LogP contribution in [0, 0.1) is 5.92 Å². The molecule has 2 aromatic rings. The standard InChI is InChI=1S/C18H20O4/c19-12-15(18(22)14-6-10-17(21)11-7-14)3-1-2-13-4-8-16(20)9-5-13/h1-2,4-11,15,18-22H,3,12H2/b2-1+/t15-,18+/m1/s1. The molecule has 2 rings (SSSR count). The summed E-state index contributed by atoms with van der Waals surface area (Å²) in [6.07, 6.45) is 3.48. The van der Waals surface area contributed by atoms with Crippen LogP contribution in [-0.2, 0) is 0 Å². The van der Waals surface area contributed by atoms with E-state index in [1.807, 2.05) is 12.2 Å². The van der Waals surface area contributed by atoms with Crippen LogP contribution in [-0.4, -0.2) is 27.0 Å². The van der Waals surface area contributed by atoms with E-state index in [1.165, 1.54) is 12.1 Å². The summed E-state index contributed by atoms with van der Waals surface area (Å²) in [7, 11) is 0. The second kappa shape index (κ2) is 7.64. The van der Waals surface area contributed by atoms with Gasteiger partial charge in [0.25, 0.3) is 0 Å². The van der Waals surface area contributed by atoms with Crippen molar-refractivity contribution in [2.24, 2.45) is 5.92 Å². The Morgan fingerprint density at radius 3 is 1.95 bits per heavy atom. The Morgan fingerprint density at radius 2 is 1.41 bits per heavy atom. The van der Waals surface area contributed by atoms with Crippen molar-refractivity contribution in [3.63, 3.8) is 0 Å². The van der Waals surface area contributed by atoms with Crippen molar-refractivity contribution in [1.29, 1.82) is 0 Å². The third kappa shape index (κ3) is 4.35. The lowest BCUT2D eigenvalue weighted by molar-refractivity contribution is 0.0684. The zero-order valence-corrected chi connectivity index (χ0v) is 12.1. The van der Waals surface area contributed by atoms with Crippen LogP contribution in [0.1, 0.15) is 23.7 Å². The van der Waals surface area contributed by atoms with Crippen molar-refractivity contribution >= 4 is 6.08 Å². The van der Waals surface area contributed by atoms with Gasteiger partial charge in [0, 0.05) is 12.5 Å². The highest BCUT2D eigenvalue weighted by molar-refractivity contribution is 5.50. The molecule has 4 heteroatoms. The zero-order chi connectivity index (χ0) is 15.9. The summed E-state index contributed by atoms with van der Waals surface area (Å²) in [6, 6.07) is 13.1. The summed E-state index contributed by atoms with van der Waals surface area (Å²) in [5.74, 6) is 0.0368. The minimum absolute atomic E-state index is 0.137. The number of allylic oxidation sites excluding steroid dienone is 1. The van der Waals surface area contributed by atoms with Crippen molar-refractivity contribution in [2.45, 2.75) is 12.5 Å². The molecule has 0 radical (unpaired) electrons. The average Bonchev–Trinajstić information content (AvgIpc) is 2.53. The molecule has 0 spiro atoms. The summed E-state index contributed by atoms with van der Waals surface area (Å²) in [5.41, 5.74) is 1.60. The highest BCUT2D eigenvalue weighted by Gasteiger charge is 2.18. The van der Waals surface area contributed by atoms with Gasteiger partial charge >= 0.3 is 0 Å². The summed E-state index contributed by atoms with van der Waals surface area (Å²) in [5, 5.41) is 38.2. The molecule has 0 amide bonds. The second-order valence-electron chi connectivity index (χ2n) is 5.21. The number of aromatic hydroxyl groups is 2. The predicted molar refractivity (Wildman–Crippen MR) is 85.4 cm³/mol. The topological polar surface area (TPSA) is 80.9 Å². The third-order valence-corrected chi connectivity index (χ3v) is 3.56. The van der Waals surface area contributed by atoms with E-state index in [1.54, 1.807) is 36.4 Å². The minimum atomic E-state index is -0.796. The number of phenolic OH excluding ortho intramolecular Hbond substituents is 2. The molecule has 0 heterocycles. The number of hydrogen-bond donors (Lipinski definition) is 4. The van der Waals surface area contributed by atoms with E-state index in [0.29, 0.717) is 12.0 Å². The van der Waals surface area contributed by atoms with Gasteiger partial charge in [-0.15, -0.1) is 0 Å². The Labute approximate surface area is 129 Å². The first-order valence-electron chi connectivity index (χ1n) is 7.13. The lowest BCUT2D eigenvalue weighted by Gasteiger charge is -2.20. The van der Waals surface area contributed by atoms with E-state index in [-0.39, 0.29) is 24.0 Å². The normalized spacial score (nSPS) is 14.1. The van der Waals surface area contributed by atoms with Crippen LogP contribution < -0.4 is 0 Å². The third-order valence-electron chi connectivity index (χ3n) is 3.56. The first-order chi connectivity index (χ1) is 10.6. The van der Waals surface area contributed by atoms with Crippen LogP contribution in [0.3, 0.4) is 0 Å². The molecule has 0 unspecified atom stereocenters. The van der Waals surface area contributed by atoms with Crippen LogP contribution >= 0.6 is 0 Å². The van der Waals surface area contributed by atoms with E-state index in [4.69, 9.17) is 0 Å². The zero-order valence-electron chi connectivity index (χ0n) is 12.1. The minimum Gasteiger partial charge on any atom is -0.508 e.